The fourth-order valence-electron chi connectivity index (χ4n) is 3.29. The quantitative estimate of drug-likeness (QED) is 0.757. The second-order valence-electron chi connectivity index (χ2n) is 6.38. The largest absolute Gasteiger partial charge is 0.366 e. The molecule has 0 bridgehead atoms. The molecule has 0 spiro atoms. The van der Waals surface area contributed by atoms with Crippen molar-refractivity contribution in [1.29, 1.82) is 0 Å². The highest BCUT2D eigenvalue weighted by molar-refractivity contribution is 6.04. The van der Waals surface area contributed by atoms with Crippen molar-refractivity contribution in [3.63, 3.8) is 0 Å². The van der Waals surface area contributed by atoms with Gasteiger partial charge >= 0.3 is 0 Å². The van der Waals surface area contributed by atoms with Crippen LogP contribution in [-0.2, 0) is 0 Å². The highest BCUT2D eigenvalue weighted by atomic mass is 19.1. The number of aromatic nitrogens is 2. The number of carbonyl (C=O) groups is 1. The molecule has 134 valence electrons. The van der Waals surface area contributed by atoms with Crippen LogP contribution in [0.15, 0.2) is 42.6 Å². The summed E-state index contributed by atoms with van der Waals surface area (Å²) in [7, 11) is 0. The predicted octanol–water partition coefficient (Wildman–Crippen LogP) is 2.68. The Bertz CT molecular complexity index is 1040. The molecule has 3 aromatic rings. The summed E-state index contributed by atoms with van der Waals surface area (Å²) < 4.78 is 38.3. The van der Waals surface area contributed by atoms with Crippen LogP contribution in [-0.4, -0.2) is 34.9 Å². The molecule has 1 aromatic heterocycles. The van der Waals surface area contributed by atoms with Crippen LogP contribution >= 0.6 is 0 Å². The normalized spacial score (nSPS) is 23.8. The number of primary amides is 1. The minimum Gasteiger partial charge on any atom is -0.366 e. The molecule has 1 fully saturated rings. The van der Waals surface area contributed by atoms with E-state index in [0.717, 1.165) is 0 Å². The molecule has 0 aliphatic carbocycles. The Labute approximate surface area is 150 Å². The SMILES string of the molecule is [2H][C@]1(c2ccc(-n3cc4cccc(C(N)=O)c4n3)c(F)c2)CNC[C@@H](F)C1. The monoisotopic (exact) mass is 357 g/mol. The number of alkyl halides is 1. The number of benzene rings is 2. The Morgan fingerprint density at radius 2 is 2.19 bits per heavy atom. The van der Waals surface area contributed by atoms with E-state index in [-0.39, 0.29) is 30.8 Å². The van der Waals surface area contributed by atoms with Crippen LogP contribution in [0, 0.1) is 5.82 Å². The molecule has 1 amide bonds. The molecule has 0 saturated carbocycles. The maximum Gasteiger partial charge on any atom is 0.250 e. The molecule has 5 nitrogen and oxygen atoms in total. The number of nitrogens with two attached hydrogens (primary N) is 1. The van der Waals surface area contributed by atoms with Gasteiger partial charge in [0.15, 0.2) is 0 Å². The smallest absolute Gasteiger partial charge is 0.250 e. The van der Waals surface area contributed by atoms with Crippen molar-refractivity contribution in [2.45, 2.75) is 18.5 Å². The van der Waals surface area contributed by atoms with Gasteiger partial charge < -0.3 is 11.1 Å². The van der Waals surface area contributed by atoms with Crippen LogP contribution in [0.5, 0.6) is 0 Å². The molecule has 0 radical (unpaired) electrons. The van der Waals surface area contributed by atoms with Crippen molar-refractivity contribution in [3.8, 4) is 5.69 Å². The molecular formula is C19H18F2N4O. The van der Waals surface area contributed by atoms with Gasteiger partial charge in [0.1, 0.15) is 23.2 Å². The first-order valence-corrected chi connectivity index (χ1v) is 8.31. The molecular weight excluding hydrogens is 338 g/mol. The Kier molecular flexibility index (Phi) is 3.86. The van der Waals surface area contributed by atoms with Gasteiger partial charge in [-0.3, -0.25) is 4.79 Å². The molecule has 0 unspecified atom stereocenters. The van der Waals surface area contributed by atoms with Gasteiger partial charge in [-0.1, -0.05) is 18.2 Å². The van der Waals surface area contributed by atoms with E-state index in [1.54, 1.807) is 30.5 Å². The molecule has 2 atom stereocenters. The number of amides is 1. The third kappa shape index (κ3) is 2.94. The number of rotatable bonds is 3. The zero-order valence-electron chi connectivity index (χ0n) is 14.9. The lowest BCUT2D eigenvalue weighted by Gasteiger charge is -2.26. The first kappa shape index (κ1) is 15.5. The fraction of sp³-hybridized carbons (Fsp3) is 0.263. The molecule has 1 aliphatic rings. The average molecular weight is 357 g/mol. The van der Waals surface area contributed by atoms with Gasteiger partial charge in [-0.2, -0.15) is 5.10 Å². The van der Waals surface area contributed by atoms with E-state index >= 15 is 0 Å². The molecule has 3 N–H and O–H groups in total. The molecule has 1 aliphatic heterocycles. The second-order valence-corrected chi connectivity index (χ2v) is 6.38. The van der Waals surface area contributed by atoms with Gasteiger partial charge in [0.05, 0.1) is 5.56 Å². The Hall–Kier alpha value is -2.80. The van der Waals surface area contributed by atoms with Crippen LogP contribution in [0.25, 0.3) is 16.6 Å². The number of hydrogen-bond donors (Lipinski definition) is 2. The van der Waals surface area contributed by atoms with Crippen molar-refractivity contribution >= 4 is 16.8 Å². The lowest BCUT2D eigenvalue weighted by Crippen LogP contribution is -2.36. The number of nitrogens with one attached hydrogen (secondary N) is 1. The summed E-state index contributed by atoms with van der Waals surface area (Å²) in [5.41, 5.74) is 6.60. The molecule has 2 aromatic carbocycles. The van der Waals surface area contributed by atoms with Gasteiger partial charge in [-0.05, 0) is 36.1 Å². The number of hydrogen-bond acceptors (Lipinski definition) is 3. The Balaban J connectivity index is 1.74. The fourth-order valence-corrected chi connectivity index (χ4v) is 3.29. The zero-order chi connectivity index (χ0) is 19.2. The number of carbonyl (C=O) groups excluding carboxylic acids is 1. The number of fused-ring (bicyclic) bond motifs is 1. The van der Waals surface area contributed by atoms with E-state index < -0.39 is 23.8 Å². The van der Waals surface area contributed by atoms with Crippen LogP contribution < -0.4 is 11.1 Å². The molecule has 2 heterocycles. The van der Waals surface area contributed by atoms with E-state index in [1.165, 1.54) is 16.8 Å². The van der Waals surface area contributed by atoms with Crippen molar-refractivity contribution < 1.29 is 14.9 Å². The standard InChI is InChI=1S/C19H18F2N4O/c20-14-6-13(8-23-9-14)11-4-5-17(16(21)7-11)25-10-12-2-1-3-15(19(22)26)18(12)24-25/h1-5,7,10,13-14,23H,6,8-9H2,(H2,22,26)/t13-,14+/m1/s1/i13D. The minimum atomic E-state index is -1.22. The lowest BCUT2D eigenvalue weighted by atomic mass is 9.90. The van der Waals surface area contributed by atoms with Crippen LogP contribution in [0.2, 0.25) is 0 Å². The van der Waals surface area contributed by atoms with Crippen molar-refractivity contribution in [2.75, 3.05) is 13.1 Å². The number of nitrogens with zero attached hydrogens (tertiary/aromatic N) is 2. The highest BCUT2D eigenvalue weighted by Gasteiger charge is 2.23. The predicted molar refractivity (Wildman–Crippen MR) is 94.7 cm³/mol. The third-order valence-electron chi connectivity index (χ3n) is 4.58. The van der Waals surface area contributed by atoms with Crippen LogP contribution in [0.4, 0.5) is 8.78 Å². The molecule has 4 rings (SSSR count). The second kappa shape index (κ2) is 6.49. The van der Waals surface area contributed by atoms with Gasteiger partial charge in [0, 0.05) is 26.0 Å². The van der Waals surface area contributed by atoms with E-state index in [1.807, 2.05) is 0 Å². The maximum atomic E-state index is 14.8. The van der Waals surface area contributed by atoms with Gasteiger partial charge in [-0.15, -0.1) is 0 Å². The van der Waals surface area contributed by atoms with Crippen molar-refractivity contribution in [1.82, 2.24) is 15.1 Å². The van der Waals surface area contributed by atoms with Crippen molar-refractivity contribution in [3.05, 3.63) is 59.5 Å². The summed E-state index contributed by atoms with van der Waals surface area (Å²) in [5.74, 6) is -2.40. The third-order valence-corrected chi connectivity index (χ3v) is 4.58. The summed E-state index contributed by atoms with van der Waals surface area (Å²) >= 11 is 0. The Morgan fingerprint density at radius 1 is 1.35 bits per heavy atom. The maximum absolute atomic E-state index is 14.8. The number of halogens is 2. The first-order chi connectivity index (χ1) is 12.9. The summed E-state index contributed by atoms with van der Waals surface area (Å²) in [6, 6.07) is 9.38. The van der Waals surface area contributed by atoms with Gasteiger partial charge in [0.25, 0.3) is 5.91 Å². The summed E-state index contributed by atoms with van der Waals surface area (Å²) in [6.07, 6.45) is 0.491. The van der Waals surface area contributed by atoms with Crippen molar-refractivity contribution in [2.24, 2.45) is 5.73 Å². The average Bonchev–Trinajstić information content (AvgIpc) is 3.05. The van der Waals surface area contributed by atoms with Crippen LogP contribution in [0.3, 0.4) is 0 Å². The van der Waals surface area contributed by atoms with E-state index in [9.17, 15) is 13.6 Å². The lowest BCUT2D eigenvalue weighted by molar-refractivity contribution is 0.100. The van der Waals surface area contributed by atoms with Crippen LogP contribution in [0.1, 0.15) is 29.6 Å². The first-order valence-electron chi connectivity index (χ1n) is 8.81. The Morgan fingerprint density at radius 3 is 2.92 bits per heavy atom. The zero-order valence-corrected chi connectivity index (χ0v) is 13.9. The van der Waals surface area contributed by atoms with E-state index in [2.05, 4.69) is 10.4 Å². The van der Waals surface area contributed by atoms with E-state index in [4.69, 9.17) is 7.10 Å². The number of piperidine rings is 1. The molecule has 1 saturated heterocycles. The molecule has 7 heteroatoms. The highest BCUT2D eigenvalue weighted by Crippen LogP contribution is 2.28. The van der Waals surface area contributed by atoms with E-state index in [0.29, 0.717) is 16.5 Å². The summed E-state index contributed by atoms with van der Waals surface area (Å²) in [6.45, 7) is 0.475. The van der Waals surface area contributed by atoms with Gasteiger partial charge in [0.2, 0.25) is 0 Å². The topological polar surface area (TPSA) is 72.9 Å². The van der Waals surface area contributed by atoms with Gasteiger partial charge in [-0.25, -0.2) is 13.5 Å². The summed E-state index contributed by atoms with van der Waals surface area (Å²) in [4.78, 5) is 11.6. The summed E-state index contributed by atoms with van der Waals surface area (Å²) in [5, 5.41) is 7.83. The molecule has 26 heavy (non-hydrogen) atoms. The minimum absolute atomic E-state index is 0.0203.